The normalized spacial score (nSPS) is 7.50. The molecule has 0 heterocycles. The first-order valence-electron chi connectivity index (χ1n) is 2.09. The zero-order chi connectivity index (χ0) is 6.41. The minimum absolute atomic E-state index is 0.0463. The number of carboxylic acid groups (broad SMARTS) is 1. The Kier molecular flexibility index (Phi) is 3.65. The van der Waals surface area contributed by atoms with Crippen LogP contribution < -0.4 is 0 Å². The molecule has 0 bridgehead atoms. The van der Waals surface area contributed by atoms with Gasteiger partial charge in [0.2, 0.25) is 0 Å². The van der Waals surface area contributed by atoms with Crippen molar-refractivity contribution < 1.29 is 14.6 Å². The van der Waals surface area contributed by atoms with Crippen molar-refractivity contribution in [1.82, 2.24) is 0 Å². The van der Waals surface area contributed by atoms with E-state index in [0.717, 1.165) is 6.40 Å². The van der Waals surface area contributed by atoms with Gasteiger partial charge in [0.25, 0.3) is 5.97 Å². The van der Waals surface area contributed by atoms with Gasteiger partial charge in [-0.1, -0.05) is 0 Å². The largest absolute Gasteiger partial charge is 0.556 e. The van der Waals surface area contributed by atoms with E-state index in [1.54, 1.807) is 0 Å². The van der Waals surface area contributed by atoms with Crippen LogP contribution in [0.15, 0.2) is 0 Å². The Morgan fingerprint density at radius 1 is 2.00 bits per heavy atom. The molecule has 0 aliphatic carbocycles. The number of nitrogens with one attached hydrogen (secondary N) is 1. The highest BCUT2D eigenvalue weighted by atomic mass is 16.4. The van der Waals surface area contributed by atoms with E-state index in [0.29, 0.717) is 0 Å². The molecule has 0 atom stereocenters. The van der Waals surface area contributed by atoms with Crippen molar-refractivity contribution in [3.63, 3.8) is 0 Å². The standard InChI is InChI=1S/C3H6BNO3/c5-2-8-4-1-3(6)7/h2,4-5H,1H2,(H,6,7). The van der Waals surface area contributed by atoms with Crippen LogP contribution in [-0.2, 0) is 9.45 Å². The van der Waals surface area contributed by atoms with Crippen molar-refractivity contribution in [1.29, 1.82) is 5.41 Å². The summed E-state index contributed by atoms with van der Waals surface area (Å²) in [6.07, 6.45) is 0.679. The average Bonchev–Trinajstić information content (AvgIpc) is 1.66. The molecule has 0 unspecified atom stereocenters. The van der Waals surface area contributed by atoms with Crippen molar-refractivity contribution >= 4 is 19.9 Å². The van der Waals surface area contributed by atoms with Gasteiger partial charge in [-0.2, -0.15) is 0 Å². The van der Waals surface area contributed by atoms with E-state index in [2.05, 4.69) is 4.65 Å². The van der Waals surface area contributed by atoms with E-state index in [9.17, 15) is 4.79 Å². The Bertz CT molecular complexity index is 94.5. The van der Waals surface area contributed by atoms with Crippen molar-refractivity contribution in [2.75, 3.05) is 0 Å². The lowest BCUT2D eigenvalue weighted by atomic mass is 9.96. The van der Waals surface area contributed by atoms with Gasteiger partial charge in [0.1, 0.15) is 6.40 Å². The summed E-state index contributed by atoms with van der Waals surface area (Å²) < 4.78 is 4.31. The topological polar surface area (TPSA) is 70.4 Å². The smallest absolute Gasteiger partial charge is 0.352 e. The van der Waals surface area contributed by atoms with Gasteiger partial charge in [-0.3, -0.25) is 10.2 Å². The van der Waals surface area contributed by atoms with E-state index in [1.807, 2.05) is 0 Å². The van der Waals surface area contributed by atoms with Crippen molar-refractivity contribution in [3.8, 4) is 0 Å². The number of carboxylic acids is 1. The van der Waals surface area contributed by atoms with Gasteiger partial charge in [0.05, 0.1) is 6.32 Å². The predicted molar refractivity (Wildman–Crippen MR) is 29.5 cm³/mol. The third-order valence-electron chi connectivity index (χ3n) is 0.517. The number of hydrogen-bond acceptors (Lipinski definition) is 3. The van der Waals surface area contributed by atoms with Crippen LogP contribution in [0.25, 0.3) is 0 Å². The van der Waals surface area contributed by atoms with Gasteiger partial charge < -0.3 is 9.76 Å². The Morgan fingerprint density at radius 2 is 2.62 bits per heavy atom. The molecular formula is C3H6BNO3. The van der Waals surface area contributed by atoms with Crippen molar-refractivity contribution in [3.05, 3.63) is 0 Å². The first-order chi connectivity index (χ1) is 3.77. The van der Waals surface area contributed by atoms with Crippen LogP contribution in [0.1, 0.15) is 0 Å². The van der Waals surface area contributed by atoms with Gasteiger partial charge in [-0.15, -0.1) is 0 Å². The maximum atomic E-state index is 9.72. The molecular weight excluding hydrogens is 109 g/mol. The second kappa shape index (κ2) is 4.17. The highest BCUT2D eigenvalue weighted by Gasteiger charge is 1.96. The molecule has 0 fully saturated rings. The third-order valence-corrected chi connectivity index (χ3v) is 0.517. The van der Waals surface area contributed by atoms with Crippen LogP contribution in [0.4, 0.5) is 0 Å². The summed E-state index contributed by atoms with van der Waals surface area (Å²) in [4.78, 5) is 9.72. The SMILES string of the molecule is N=COBCC(=O)O. The molecule has 0 saturated carbocycles. The summed E-state index contributed by atoms with van der Waals surface area (Å²) in [6, 6.07) is 0. The zero-order valence-corrected chi connectivity index (χ0v) is 4.26. The quantitative estimate of drug-likeness (QED) is 0.224. The summed E-state index contributed by atoms with van der Waals surface area (Å²) in [7, 11) is 0.0822. The lowest BCUT2D eigenvalue weighted by Gasteiger charge is -1.89. The minimum atomic E-state index is -0.910. The summed E-state index contributed by atoms with van der Waals surface area (Å²) in [5.74, 6) is -0.910. The maximum absolute atomic E-state index is 9.72. The van der Waals surface area contributed by atoms with E-state index >= 15 is 0 Å². The first-order valence-corrected chi connectivity index (χ1v) is 2.09. The molecule has 0 aromatic rings. The second-order valence-electron chi connectivity index (χ2n) is 1.13. The molecule has 2 N–H and O–H groups in total. The molecule has 44 valence electrons. The lowest BCUT2D eigenvalue weighted by Crippen LogP contribution is -2.03. The highest BCUT2D eigenvalue weighted by Crippen LogP contribution is 1.75. The van der Waals surface area contributed by atoms with Crippen LogP contribution in [0.3, 0.4) is 0 Å². The van der Waals surface area contributed by atoms with E-state index in [1.165, 1.54) is 0 Å². The van der Waals surface area contributed by atoms with Crippen LogP contribution in [0.5, 0.6) is 0 Å². The number of aliphatic carboxylic acids is 1. The zero-order valence-electron chi connectivity index (χ0n) is 4.26. The summed E-state index contributed by atoms with van der Waals surface area (Å²) >= 11 is 0. The van der Waals surface area contributed by atoms with Crippen LogP contribution in [0, 0.1) is 5.41 Å². The summed E-state index contributed by atoms with van der Waals surface area (Å²) in [5.41, 5.74) is 0. The van der Waals surface area contributed by atoms with Gasteiger partial charge in [0, 0.05) is 0 Å². The van der Waals surface area contributed by atoms with E-state index < -0.39 is 5.97 Å². The minimum Gasteiger partial charge on any atom is -0.556 e. The lowest BCUT2D eigenvalue weighted by molar-refractivity contribution is -0.134. The monoisotopic (exact) mass is 115 g/mol. The number of hydrogen-bond donors (Lipinski definition) is 2. The Balaban J connectivity index is 2.93. The molecule has 0 aromatic carbocycles. The highest BCUT2D eigenvalue weighted by molar-refractivity contribution is 6.35. The van der Waals surface area contributed by atoms with Gasteiger partial charge in [-0.05, 0) is 0 Å². The number of carbonyl (C=O) groups is 1. The van der Waals surface area contributed by atoms with Gasteiger partial charge >= 0.3 is 7.48 Å². The summed E-state index contributed by atoms with van der Waals surface area (Å²) in [6.45, 7) is 0. The molecule has 0 radical (unpaired) electrons. The first kappa shape index (κ1) is 7.00. The molecule has 0 aliphatic rings. The van der Waals surface area contributed by atoms with E-state index in [-0.39, 0.29) is 13.8 Å². The van der Waals surface area contributed by atoms with Gasteiger partial charge in [0.15, 0.2) is 0 Å². The van der Waals surface area contributed by atoms with Crippen LogP contribution in [0.2, 0.25) is 6.32 Å². The molecule has 8 heavy (non-hydrogen) atoms. The van der Waals surface area contributed by atoms with Crippen LogP contribution in [-0.4, -0.2) is 25.0 Å². The third kappa shape index (κ3) is 5.00. The van der Waals surface area contributed by atoms with Crippen LogP contribution >= 0.6 is 0 Å². The fourth-order valence-corrected chi connectivity index (χ4v) is 0.205. The van der Waals surface area contributed by atoms with Crippen molar-refractivity contribution in [2.45, 2.75) is 6.32 Å². The molecule has 5 heteroatoms. The fraction of sp³-hybridized carbons (Fsp3) is 0.333. The molecule has 0 spiro atoms. The van der Waals surface area contributed by atoms with Crippen molar-refractivity contribution in [2.24, 2.45) is 0 Å². The predicted octanol–water partition coefficient (Wildman–Crippen LogP) is -0.536. The molecule has 0 amide bonds. The molecule has 0 rings (SSSR count). The Labute approximate surface area is 47.2 Å². The summed E-state index contributed by atoms with van der Waals surface area (Å²) in [5, 5.41) is 14.3. The Hall–Kier alpha value is -0.995. The maximum Gasteiger partial charge on any atom is 0.352 e. The number of rotatable bonds is 4. The molecule has 0 aromatic heterocycles. The second-order valence-corrected chi connectivity index (χ2v) is 1.13. The molecule has 4 nitrogen and oxygen atoms in total. The fourth-order valence-electron chi connectivity index (χ4n) is 0.205. The molecule has 0 saturated heterocycles. The van der Waals surface area contributed by atoms with E-state index in [4.69, 9.17) is 10.5 Å². The average molecular weight is 115 g/mol. The molecule has 0 aliphatic heterocycles. The Morgan fingerprint density at radius 3 is 3.00 bits per heavy atom. The van der Waals surface area contributed by atoms with Gasteiger partial charge in [-0.25, -0.2) is 0 Å².